The van der Waals surface area contributed by atoms with Crippen molar-refractivity contribution in [1.82, 2.24) is 10.4 Å². The summed E-state index contributed by atoms with van der Waals surface area (Å²) in [5.41, 5.74) is 1.39. The number of hydrogen-bond donors (Lipinski definition) is 1. The Bertz CT molecular complexity index is 423. The van der Waals surface area contributed by atoms with Gasteiger partial charge in [0.2, 0.25) is 0 Å². The second kappa shape index (κ2) is 7.40. The molecule has 1 rings (SSSR count). The zero-order valence-electron chi connectivity index (χ0n) is 14.6. The predicted molar refractivity (Wildman–Crippen MR) is 83.8 cm³/mol. The maximum absolute atomic E-state index is 12.1. The van der Waals surface area contributed by atoms with Gasteiger partial charge in [0.25, 0.3) is 0 Å². The molecule has 0 radical (unpaired) electrons. The normalized spacial score (nSPS) is 23.9. The average molecular weight is 311 g/mol. The number of ether oxygens (including phenoxy) is 1. The summed E-state index contributed by atoms with van der Waals surface area (Å²) in [5, 5.41) is 9.11. The molecule has 0 amide bonds. The van der Waals surface area contributed by atoms with Crippen LogP contribution in [0.1, 0.15) is 54.4 Å². The van der Waals surface area contributed by atoms with Crippen molar-refractivity contribution in [3.8, 4) is 6.07 Å². The number of likely N-dealkylation sites (tertiary alicyclic amines) is 1. The van der Waals surface area contributed by atoms with Gasteiger partial charge in [0.1, 0.15) is 5.60 Å². The van der Waals surface area contributed by atoms with Crippen LogP contribution in [0.2, 0.25) is 0 Å². The topological polar surface area (TPSA) is 74.6 Å². The summed E-state index contributed by atoms with van der Waals surface area (Å²) in [6.07, 6.45) is 1.65. The molecule has 0 spiro atoms. The summed E-state index contributed by atoms with van der Waals surface area (Å²) in [6.45, 7) is 12.5. The first kappa shape index (κ1) is 18.9. The smallest absolute Gasteiger partial charge is 0.340 e. The quantitative estimate of drug-likeness (QED) is 0.618. The molecule has 1 saturated heterocycles. The number of carbonyl (C=O) groups is 1. The number of esters is 1. The molecule has 6 heteroatoms. The highest BCUT2D eigenvalue weighted by Crippen LogP contribution is 2.20. The molecule has 0 aliphatic carbocycles. The van der Waals surface area contributed by atoms with Crippen LogP contribution >= 0.6 is 0 Å². The Morgan fingerprint density at radius 1 is 1.32 bits per heavy atom. The van der Waals surface area contributed by atoms with E-state index in [9.17, 15) is 4.79 Å². The van der Waals surface area contributed by atoms with E-state index in [2.05, 4.69) is 16.4 Å². The van der Waals surface area contributed by atoms with E-state index in [-0.39, 0.29) is 12.1 Å². The number of carbonyl (C=O) groups excluding carboxylic acids is 1. The molecule has 22 heavy (non-hydrogen) atoms. The van der Waals surface area contributed by atoms with Gasteiger partial charge in [-0.05, 0) is 54.0 Å². The Hall–Kier alpha value is -1.16. The first-order chi connectivity index (χ1) is 10.1. The lowest BCUT2D eigenvalue weighted by Gasteiger charge is -2.37. The van der Waals surface area contributed by atoms with E-state index >= 15 is 0 Å². The van der Waals surface area contributed by atoms with Crippen LogP contribution in [0.3, 0.4) is 0 Å². The number of rotatable bonds is 5. The summed E-state index contributed by atoms with van der Waals surface area (Å²) >= 11 is 0. The fourth-order valence-electron chi connectivity index (χ4n) is 2.31. The standard InChI is InChI=1S/C16H29N3O3/c1-7-19-11-12(8-9-13(19)10-17)18-22-16(5,6)14(20)21-15(2,3)4/h12-13,18H,7-9,11H2,1-6H3/t12-,13+/m1/s1. The first-order valence-corrected chi connectivity index (χ1v) is 7.89. The van der Waals surface area contributed by atoms with Gasteiger partial charge in [-0.1, -0.05) is 6.92 Å². The minimum absolute atomic E-state index is 0.0260. The number of nitriles is 1. The number of piperidine rings is 1. The lowest BCUT2D eigenvalue weighted by molar-refractivity contribution is -0.191. The SMILES string of the molecule is CCN1C[C@H](NOC(C)(C)C(=O)OC(C)(C)C)CC[C@H]1C#N. The molecule has 1 aliphatic heterocycles. The number of likely N-dealkylation sites (N-methyl/N-ethyl adjacent to an activating group) is 1. The number of hydrogen-bond acceptors (Lipinski definition) is 6. The molecule has 1 aliphatic rings. The van der Waals surface area contributed by atoms with Crippen LogP contribution in [0.5, 0.6) is 0 Å². The molecule has 6 nitrogen and oxygen atoms in total. The summed E-state index contributed by atoms with van der Waals surface area (Å²) in [5.74, 6) is -0.398. The minimum Gasteiger partial charge on any atom is -0.458 e. The third kappa shape index (κ3) is 5.56. The third-order valence-electron chi connectivity index (χ3n) is 3.61. The zero-order valence-corrected chi connectivity index (χ0v) is 14.6. The van der Waals surface area contributed by atoms with Crippen molar-refractivity contribution >= 4 is 5.97 Å². The highest BCUT2D eigenvalue weighted by Gasteiger charge is 2.36. The largest absolute Gasteiger partial charge is 0.458 e. The van der Waals surface area contributed by atoms with Crippen molar-refractivity contribution in [3.63, 3.8) is 0 Å². The fraction of sp³-hybridized carbons (Fsp3) is 0.875. The molecule has 0 unspecified atom stereocenters. The van der Waals surface area contributed by atoms with Crippen molar-refractivity contribution in [2.75, 3.05) is 13.1 Å². The second-order valence-corrected chi connectivity index (χ2v) is 7.24. The Morgan fingerprint density at radius 3 is 2.45 bits per heavy atom. The van der Waals surface area contributed by atoms with E-state index < -0.39 is 17.2 Å². The van der Waals surface area contributed by atoms with Crippen molar-refractivity contribution in [3.05, 3.63) is 0 Å². The maximum atomic E-state index is 12.1. The van der Waals surface area contributed by atoms with Crippen LogP contribution in [0.4, 0.5) is 0 Å². The highest BCUT2D eigenvalue weighted by atomic mass is 16.7. The molecule has 0 saturated carbocycles. The van der Waals surface area contributed by atoms with Crippen molar-refractivity contribution in [1.29, 1.82) is 5.26 Å². The van der Waals surface area contributed by atoms with Gasteiger partial charge in [0, 0.05) is 12.6 Å². The minimum atomic E-state index is -1.06. The van der Waals surface area contributed by atoms with Crippen molar-refractivity contribution in [2.24, 2.45) is 0 Å². The van der Waals surface area contributed by atoms with Crippen LogP contribution in [-0.2, 0) is 14.4 Å². The zero-order chi connectivity index (χ0) is 17.0. The van der Waals surface area contributed by atoms with E-state index in [1.807, 2.05) is 27.7 Å². The van der Waals surface area contributed by atoms with Gasteiger partial charge >= 0.3 is 5.97 Å². The molecule has 0 bridgehead atoms. The molecule has 1 heterocycles. The van der Waals surface area contributed by atoms with E-state index in [4.69, 9.17) is 14.8 Å². The monoisotopic (exact) mass is 311 g/mol. The lowest BCUT2D eigenvalue weighted by atomic mass is 10.00. The molecule has 0 aromatic heterocycles. The summed E-state index contributed by atoms with van der Waals surface area (Å²) in [4.78, 5) is 19.9. The van der Waals surface area contributed by atoms with Gasteiger partial charge < -0.3 is 4.74 Å². The van der Waals surface area contributed by atoms with Crippen LogP contribution < -0.4 is 5.48 Å². The summed E-state index contributed by atoms with van der Waals surface area (Å²) < 4.78 is 5.36. The summed E-state index contributed by atoms with van der Waals surface area (Å²) in [6, 6.07) is 2.40. The Kier molecular flexibility index (Phi) is 6.36. The van der Waals surface area contributed by atoms with Crippen LogP contribution in [-0.4, -0.2) is 47.2 Å². The van der Waals surface area contributed by atoms with Crippen LogP contribution in [0, 0.1) is 11.3 Å². The molecular weight excluding hydrogens is 282 g/mol. The molecule has 1 N–H and O–H groups in total. The highest BCUT2D eigenvalue weighted by molar-refractivity contribution is 5.78. The Labute approximate surface area is 133 Å². The lowest BCUT2D eigenvalue weighted by Crippen LogP contribution is -2.53. The number of hydroxylamine groups is 1. The van der Waals surface area contributed by atoms with Crippen LogP contribution in [0.25, 0.3) is 0 Å². The van der Waals surface area contributed by atoms with Crippen molar-refractivity contribution < 1.29 is 14.4 Å². The van der Waals surface area contributed by atoms with E-state index in [1.54, 1.807) is 13.8 Å². The summed E-state index contributed by atoms with van der Waals surface area (Å²) in [7, 11) is 0. The molecule has 1 fully saturated rings. The fourth-order valence-corrected chi connectivity index (χ4v) is 2.31. The second-order valence-electron chi connectivity index (χ2n) is 7.24. The van der Waals surface area contributed by atoms with Gasteiger partial charge in [0.15, 0.2) is 5.60 Å². The Balaban J connectivity index is 2.51. The van der Waals surface area contributed by atoms with E-state index in [1.165, 1.54) is 0 Å². The molecule has 0 aromatic rings. The molecule has 2 atom stereocenters. The van der Waals surface area contributed by atoms with Gasteiger partial charge in [0.05, 0.1) is 12.1 Å². The predicted octanol–water partition coefficient (Wildman–Crippen LogP) is 2.00. The van der Waals surface area contributed by atoms with Crippen LogP contribution in [0.15, 0.2) is 0 Å². The van der Waals surface area contributed by atoms with Crippen molar-refractivity contribution in [2.45, 2.75) is 77.7 Å². The molecular formula is C16H29N3O3. The Morgan fingerprint density at radius 2 is 1.95 bits per heavy atom. The molecule has 126 valence electrons. The first-order valence-electron chi connectivity index (χ1n) is 7.89. The maximum Gasteiger partial charge on any atom is 0.340 e. The van der Waals surface area contributed by atoms with Gasteiger partial charge in [-0.25, -0.2) is 4.79 Å². The van der Waals surface area contributed by atoms with Gasteiger partial charge in [-0.2, -0.15) is 10.7 Å². The van der Waals surface area contributed by atoms with Gasteiger partial charge in [-0.15, -0.1) is 0 Å². The van der Waals surface area contributed by atoms with E-state index in [0.29, 0.717) is 0 Å². The van der Waals surface area contributed by atoms with Gasteiger partial charge in [-0.3, -0.25) is 9.74 Å². The number of nitrogens with one attached hydrogen (secondary N) is 1. The third-order valence-corrected chi connectivity index (χ3v) is 3.61. The number of nitrogens with zero attached hydrogens (tertiary/aromatic N) is 2. The average Bonchev–Trinajstić information content (AvgIpc) is 2.43. The van der Waals surface area contributed by atoms with E-state index in [0.717, 1.165) is 25.9 Å². The molecule has 0 aromatic carbocycles.